The van der Waals surface area contributed by atoms with Crippen molar-refractivity contribution in [3.63, 3.8) is 0 Å². The third-order valence-electron chi connectivity index (χ3n) is 6.08. The maximum atomic E-state index is 15.6. The number of nitrogens with zero attached hydrogens (tertiary/aromatic N) is 3. The summed E-state index contributed by atoms with van der Waals surface area (Å²) >= 11 is 0. The van der Waals surface area contributed by atoms with Gasteiger partial charge in [0.2, 0.25) is 5.91 Å². The molecule has 3 aromatic heterocycles. The quantitative estimate of drug-likeness (QED) is 0.274. The zero-order valence-corrected chi connectivity index (χ0v) is 19.6. The lowest BCUT2D eigenvalue weighted by Gasteiger charge is -2.08. The highest BCUT2D eigenvalue weighted by atomic mass is 19.1. The Hall–Kier alpha value is -4.01. The number of aromatic nitrogens is 4. The van der Waals surface area contributed by atoms with E-state index in [0.717, 1.165) is 25.7 Å². The van der Waals surface area contributed by atoms with E-state index in [1.807, 2.05) is 14.0 Å². The minimum absolute atomic E-state index is 0.0209. The molecule has 1 aromatic carbocycles. The number of H-pyrrole nitrogens is 1. The van der Waals surface area contributed by atoms with Crippen LogP contribution in [0.4, 0.5) is 10.2 Å². The molecule has 8 nitrogen and oxygen atoms in total. The highest BCUT2D eigenvalue weighted by Gasteiger charge is 2.31. The van der Waals surface area contributed by atoms with Crippen molar-refractivity contribution in [2.45, 2.75) is 32.6 Å². The minimum Gasteiger partial charge on any atom is -0.462 e. The van der Waals surface area contributed by atoms with Gasteiger partial charge in [0.25, 0.3) is 0 Å². The van der Waals surface area contributed by atoms with Gasteiger partial charge >= 0.3 is 5.97 Å². The molecule has 0 spiro atoms. The molecule has 9 heteroatoms. The molecule has 0 saturated heterocycles. The smallest absolute Gasteiger partial charge is 0.340 e. The van der Waals surface area contributed by atoms with E-state index in [1.165, 1.54) is 6.20 Å². The SMILES string of the molecule is CCCCOC(=O)c1cnc(NC(=O)C2CC2)c2[nH]c(-c3cccc(-c4cn(C)cn4)c3F)cc12. The van der Waals surface area contributed by atoms with Crippen molar-refractivity contribution < 1.29 is 18.7 Å². The maximum absolute atomic E-state index is 15.6. The Balaban J connectivity index is 1.59. The second kappa shape index (κ2) is 9.32. The van der Waals surface area contributed by atoms with Crippen molar-refractivity contribution in [3.8, 4) is 22.5 Å². The lowest BCUT2D eigenvalue weighted by molar-refractivity contribution is -0.117. The zero-order chi connectivity index (χ0) is 24.5. The molecule has 0 aliphatic heterocycles. The molecule has 1 saturated carbocycles. The molecular formula is C26H26FN5O3. The fourth-order valence-electron chi connectivity index (χ4n) is 3.96. The minimum atomic E-state index is -0.510. The fourth-order valence-corrected chi connectivity index (χ4v) is 3.96. The number of esters is 1. The van der Waals surface area contributed by atoms with Crippen LogP contribution in [0.15, 0.2) is 43.0 Å². The van der Waals surface area contributed by atoms with Crippen LogP contribution in [-0.4, -0.2) is 38.0 Å². The number of halogens is 1. The number of ether oxygens (including phenoxy) is 1. The van der Waals surface area contributed by atoms with Crippen LogP contribution in [0.25, 0.3) is 33.4 Å². The van der Waals surface area contributed by atoms with Gasteiger partial charge in [-0.05, 0) is 37.5 Å². The van der Waals surface area contributed by atoms with Crippen LogP contribution in [0.2, 0.25) is 0 Å². The molecule has 180 valence electrons. The summed E-state index contributed by atoms with van der Waals surface area (Å²) in [5, 5.41) is 3.35. The lowest BCUT2D eigenvalue weighted by Crippen LogP contribution is -2.15. The Kier molecular flexibility index (Phi) is 6.07. The van der Waals surface area contributed by atoms with Crippen molar-refractivity contribution >= 4 is 28.6 Å². The lowest BCUT2D eigenvalue weighted by atomic mass is 10.0. The van der Waals surface area contributed by atoms with Crippen molar-refractivity contribution in [2.24, 2.45) is 13.0 Å². The van der Waals surface area contributed by atoms with Crippen molar-refractivity contribution in [3.05, 3.63) is 54.4 Å². The molecule has 1 aliphatic carbocycles. The number of anilines is 1. The molecule has 2 N–H and O–H groups in total. The van der Waals surface area contributed by atoms with Crippen LogP contribution in [0.1, 0.15) is 43.0 Å². The molecule has 0 unspecified atom stereocenters. The highest BCUT2D eigenvalue weighted by Crippen LogP contribution is 2.35. The molecule has 0 atom stereocenters. The van der Waals surface area contributed by atoms with Gasteiger partial charge in [-0.3, -0.25) is 4.79 Å². The van der Waals surface area contributed by atoms with Gasteiger partial charge in [0.15, 0.2) is 5.82 Å². The molecular weight excluding hydrogens is 449 g/mol. The summed E-state index contributed by atoms with van der Waals surface area (Å²) in [4.78, 5) is 37.0. The van der Waals surface area contributed by atoms with Gasteiger partial charge < -0.3 is 19.6 Å². The number of hydrogen-bond donors (Lipinski definition) is 2. The van der Waals surface area contributed by atoms with Crippen LogP contribution in [0, 0.1) is 11.7 Å². The van der Waals surface area contributed by atoms with Gasteiger partial charge in [0.1, 0.15) is 5.82 Å². The van der Waals surface area contributed by atoms with Crippen LogP contribution >= 0.6 is 0 Å². The number of fused-ring (bicyclic) bond motifs is 1. The first-order valence-electron chi connectivity index (χ1n) is 11.7. The number of aromatic amines is 1. The monoisotopic (exact) mass is 475 g/mol. The third kappa shape index (κ3) is 4.53. The van der Waals surface area contributed by atoms with E-state index in [0.29, 0.717) is 45.8 Å². The summed E-state index contributed by atoms with van der Waals surface area (Å²) < 4.78 is 22.8. The summed E-state index contributed by atoms with van der Waals surface area (Å²) in [5.74, 6) is -0.788. The first-order valence-corrected chi connectivity index (χ1v) is 11.7. The Morgan fingerprint density at radius 3 is 2.77 bits per heavy atom. The average Bonchev–Trinajstić information content (AvgIpc) is 3.47. The molecule has 1 aliphatic rings. The molecule has 1 fully saturated rings. The fraction of sp³-hybridized carbons (Fsp3) is 0.308. The number of benzene rings is 1. The molecule has 3 heterocycles. The number of unbranched alkanes of at least 4 members (excludes halogenated alkanes) is 1. The number of rotatable bonds is 8. The standard InChI is InChI=1S/C26H26FN5O3/c1-3-4-10-35-26(34)19-12-28-24(31-25(33)15-8-9-15)23-18(19)11-20(30-23)16-6-5-7-17(22(16)27)21-13-32(2)14-29-21/h5-7,11-15,30H,3-4,8-10H2,1-2H3,(H,28,31,33). The summed E-state index contributed by atoms with van der Waals surface area (Å²) in [6.45, 7) is 2.31. The molecule has 1 amide bonds. The first kappa shape index (κ1) is 22.8. The third-order valence-corrected chi connectivity index (χ3v) is 6.08. The molecule has 0 radical (unpaired) electrons. The number of amides is 1. The summed E-state index contributed by atoms with van der Waals surface area (Å²) in [7, 11) is 1.82. The number of pyridine rings is 1. The van der Waals surface area contributed by atoms with Gasteiger partial charge in [0, 0.05) is 47.6 Å². The Labute approximate surface area is 201 Å². The van der Waals surface area contributed by atoms with Gasteiger partial charge in [-0.2, -0.15) is 0 Å². The Morgan fingerprint density at radius 1 is 1.26 bits per heavy atom. The second-order valence-electron chi connectivity index (χ2n) is 8.84. The van der Waals surface area contributed by atoms with E-state index in [1.54, 1.807) is 41.4 Å². The second-order valence-corrected chi connectivity index (χ2v) is 8.84. The van der Waals surface area contributed by atoms with E-state index in [-0.39, 0.29) is 17.4 Å². The van der Waals surface area contributed by atoms with E-state index in [9.17, 15) is 9.59 Å². The number of aryl methyl sites for hydroxylation is 1. The van der Waals surface area contributed by atoms with E-state index in [4.69, 9.17) is 4.74 Å². The van der Waals surface area contributed by atoms with Crippen LogP contribution in [0.5, 0.6) is 0 Å². The Bertz CT molecular complexity index is 1420. The largest absolute Gasteiger partial charge is 0.462 e. The van der Waals surface area contributed by atoms with Crippen molar-refractivity contribution in [1.82, 2.24) is 19.5 Å². The number of carbonyl (C=O) groups excluding carboxylic acids is 2. The summed E-state index contributed by atoms with van der Waals surface area (Å²) in [6.07, 6.45) is 8.09. The van der Waals surface area contributed by atoms with E-state index >= 15 is 4.39 Å². The first-order chi connectivity index (χ1) is 17.0. The normalized spacial score (nSPS) is 13.2. The van der Waals surface area contributed by atoms with Crippen LogP contribution in [-0.2, 0) is 16.6 Å². The molecule has 4 aromatic rings. The zero-order valence-electron chi connectivity index (χ0n) is 19.6. The molecule has 5 rings (SSSR count). The van der Waals surface area contributed by atoms with Gasteiger partial charge in [-0.25, -0.2) is 19.2 Å². The number of nitrogens with one attached hydrogen (secondary N) is 2. The summed E-state index contributed by atoms with van der Waals surface area (Å²) in [5.41, 5.74) is 2.34. The van der Waals surface area contributed by atoms with Crippen LogP contribution < -0.4 is 5.32 Å². The van der Waals surface area contributed by atoms with E-state index in [2.05, 4.69) is 20.3 Å². The Morgan fingerprint density at radius 2 is 2.06 bits per heavy atom. The van der Waals surface area contributed by atoms with Gasteiger partial charge in [-0.1, -0.05) is 19.4 Å². The van der Waals surface area contributed by atoms with Crippen molar-refractivity contribution in [2.75, 3.05) is 11.9 Å². The number of imidazole rings is 1. The predicted octanol–water partition coefficient (Wildman–Crippen LogP) is 5.07. The predicted molar refractivity (Wildman–Crippen MR) is 130 cm³/mol. The van der Waals surface area contributed by atoms with Gasteiger partial charge in [-0.15, -0.1) is 0 Å². The summed E-state index contributed by atoms with van der Waals surface area (Å²) in [6, 6.07) is 6.77. The molecule has 35 heavy (non-hydrogen) atoms. The topological polar surface area (TPSA) is 102 Å². The number of carbonyl (C=O) groups is 2. The average molecular weight is 476 g/mol. The highest BCUT2D eigenvalue weighted by molar-refractivity contribution is 6.10. The maximum Gasteiger partial charge on any atom is 0.340 e. The van der Waals surface area contributed by atoms with Crippen LogP contribution in [0.3, 0.4) is 0 Å². The van der Waals surface area contributed by atoms with Crippen molar-refractivity contribution in [1.29, 1.82) is 0 Å². The van der Waals surface area contributed by atoms with E-state index < -0.39 is 11.8 Å². The molecule has 0 bridgehead atoms. The number of hydrogen-bond acceptors (Lipinski definition) is 5. The van der Waals surface area contributed by atoms with Gasteiger partial charge in [0.05, 0.1) is 29.7 Å².